The Morgan fingerprint density at radius 1 is 1.14 bits per heavy atom. The molecule has 35 heavy (non-hydrogen) atoms. The van der Waals surface area contributed by atoms with Crippen molar-refractivity contribution >= 4 is 49.5 Å². The van der Waals surface area contributed by atoms with Crippen molar-refractivity contribution in [3.05, 3.63) is 86.1 Å². The third-order valence-corrected chi connectivity index (χ3v) is 7.98. The minimum atomic E-state index is -4.27. The lowest BCUT2D eigenvalue weighted by molar-refractivity contribution is -0.668. The van der Waals surface area contributed by atoms with Crippen LogP contribution in [-0.2, 0) is 16.7 Å². The van der Waals surface area contributed by atoms with E-state index in [1.165, 1.54) is 12.1 Å². The standard InChI is InChI=1S/C25H22N2O6S2/c28-27(29)20-11-9-18-15-19-6-3-5-17(25(19)33-22(18)16-20)10-12-24-26(13-4-14-35(30,31)32)21-7-1-2-8-23(21)34-24/h1-2,7-12,15-16H,3-6,13-14H2. The number of benzene rings is 2. The number of para-hydroxylation sites is 1. The van der Waals surface area contributed by atoms with Gasteiger partial charge in [-0.3, -0.25) is 10.1 Å². The highest BCUT2D eigenvalue weighted by Gasteiger charge is 2.25. The van der Waals surface area contributed by atoms with Gasteiger partial charge in [0.2, 0.25) is 5.52 Å². The Labute approximate surface area is 206 Å². The van der Waals surface area contributed by atoms with Crippen molar-refractivity contribution in [1.29, 1.82) is 0 Å². The minimum absolute atomic E-state index is 0.0134. The lowest BCUT2D eigenvalue weighted by Crippen LogP contribution is -2.36. The zero-order valence-electron chi connectivity index (χ0n) is 18.7. The minimum Gasteiger partial charge on any atom is -0.748 e. The zero-order valence-corrected chi connectivity index (χ0v) is 20.3. The SMILES string of the molecule is O=[N+]([O-])c1ccc2c(c1)OC1=C(C=Cc3sc4ccccc4[n+]3CCCS(=O)(=O)[O-])CCCC1=C2. The van der Waals surface area contributed by atoms with E-state index >= 15 is 0 Å². The Balaban J connectivity index is 1.49. The molecule has 8 nitrogen and oxygen atoms in total. The summed E-state index contributed by atoms with van der Waals surface area (Å²) >= 11 is 1.59. The molecule has 0 bridgehead atoms. The summed E-state index contributed by atoms with van der Waals surface area (Å²) in [5.74, 6) is 0.808. The number of ether oxygens (including phenoxy) is 1. The number of fused-ring (bicyclic) bond motifs is 3. The fraction of sp³-hybridized carbons (Fsp3) is 0.240. The van der Waals surface area contributed by atoms with Crippen LogP contribution in [0.25, 0.3) is 22.4 Å². The molecule has 1 aliphatic heterocycles. The van der Waals surface area contributed by atoms with E-state index < -0.39 is 20.8 Å². The normalized spacial score (nSPS) is 15.6. The number of nitro benzene ring substituents is 1. The fourth-order valence-corrected chi connectivity index (χ4v) is 6.02. The van der Waals surface area contributed by atoms with Crippen molar-refractivity contribution < 1.29 is 27.2 Å². The molecule has 0 spiro atoms. The third kappa shape index (κ3) is 5.04. The predicted molar refractivity (Wildman–Crippen MR) is 133 cm³/mol. The highest BCUT2D eigenvalue weighted by molar-refractivity contribution is 7.85. The summed E-state index contributed by atoms with van der Waals surface area (Å²) in [5, 5.41) is 12.1. The maximum absolute atomic E-state index is 11.2. The summed E-state index contributed by atoms with van der Waals surface area (Å²) in [4.78, 5) is 10.8. The van der Waals surface area contributed by atoms with E-state index in [4.69, 9.17) is 4.74 Å². The molecule has 0 amide bonds. The maximum Gasteiger partial charge on any atom is 0.273 e. The first-order valence-electron chi connectivity index (χ1n) is 11.2. The van der Waals surface area contributed by atoms with Crippen LogP contribution in [0.4, 0.5) is 5.69 Å². The fourth-order valence-electron chi connectivity index (χ4n) is 4.45. The maximum atomic E-state index is 11.2. The van der Waals surface area contributed by atoms with E-state index in [9.17, 15) is 23.1 Å². The number of allylic oxidation sites excluding steroid dienone is 3. The highest BCUT2D eigenvalue weighted by Crippen LogP contribution is 2.41. The molecule has 0 saturated carbocycles. The number of hydrogen-bond donors (Lipinski definition) is 0. The van der Waals surface area contributed by atoms with Gasteiger partial charge in [-0.25, -0.2) is 8.42 Å². The summed E-state index contributed by atoms with van der Waals surface area (Å²) in [7, 11) is -4.27. The van der Waals surface area contributed by atoms with Crippen LogP contribution < -0.4 is 9.30 Å². The van der Waals surface area contributed by atoms with Crippen molar-refractivity contribution in [1.82, 2.24) is 0 Å². The van der Waals surface area contributed by atoms with Crippen LogP contribution >= 0.6 is 11.3 Å². The number of rotatable bonds is 7. The third-order valence-electron chi connectivity index (χ3n) is 6.07. The van der Waals surface area contributed by atoms with Crippen LogP contribution in [0.3, 0.4) is 0 Å². The summed E-state index contributed by atoms with van der Waals surface area (Å²) < 4.78 is 42.5. The van der Waals surface area contributed by atoms with Gasteiger partial charge in [0.15, 0.2) is 6.54 Å². The van der Waals surface area contributed by atoms with Gasteiger partial charge in [-0.1, -0.05) is 23.5 Å². The molecule has 5 rings (SSSR count). The highest BCUT2D eigenvalue weighted by atomic mass is 32.2. The quantitative estimate of drug-likeness (QED) is 0.192. The van der Waals surface area contributed by atoms with Crippen molar-refractivity contribution in [3.63, 3.8) is 0 Å². The van der Waals surface area contributed by atoms with Crippen LogP contribution in [0.1, 0.15) is 36.3 Å². The smallest absolute Gasteiger partial charge is 0.273 e. The Kier molecular flexibility index (Phi) is 6.26. The number of nitrogens with zero attached hydrogens (tertiary/aromatic N) is 2. The van der Waals surface area contributed by atoms with Gasteiger partial charge in [0.05, 0.1) is 21.1 Å². The van der Waals surface area contributed by atoms with E-state index in [1.807, 2.05) is 47.1 Å². The van der Waals surface area contributed by atoms with E-state index in [1.54, 1.807) is 17.4 Å². The number of non-ortho nitro benzene ring substituents is 1. The largest absolute Gasteiger partial charge is 0.748 e. The molecule has 2 aromatic carbocycles. The molecule has 180 valence electrons. The summed E-state index contributed by atoms with van der Waals surface area (Å²) in [6.07, 6.45) is 8.92. The molecular weight excluding hydrogens is 488 g/mol. The Morgan fingerprint density at radius 3 is 2.77 bits per heavy atom. The number of nitro groups is 1. The number of thiazole rings is 1. The molecule has 0 fully saturated rings. The molecule has 0 unspecified atom stereocenters. The molecule has 2 heterocycles. The summed E-state index contributed by atoms with van der Waals surface area (Å²) in [5.41, 5.74) is 3.88. The monoisotopic (exact) mass is 510 g/mol. The summed E-state index contributed by atoms with van der Waals surface area (Å²) in [6.45, 7) is 0.412. The van der Waals surface area contributed by atoms with Crippen molar-refractivity contribution in [2.75, 3.05) is 5.75 Å². The van der Waals surface area contributed by atoms with Crippen molar-refractivity contribution in [2.24, 2.45) is 0 Å². The topological polar surface area (TPSA) is 113 Å². The Morgan fingerprint density at radius 2 is 1.97 bits per heavy atom. The van der Waals surface area contributed by atoms with Crippen LogP contribution in [0.2, 0.25) is 0 Å². The van der Waals surface area contributed by atoms with Crippen LogP contribution in [-0.4, -0.2) is 23.6 Å². The molecule has 0 radical (unpaired) electrons. The summed E-state index contributed by atoms with van der Waals surface area (Å²) in [6, 6.07) is 12.5. The lowest BCUT2D eigenvalue weighted by atomic mass is 9.90. The zero-order chi connectivity index (χ0) is 24.6. The van der Waals surface area contributed by atoms with Crippen LogP contribution in [0.5, 0.6) is 5.75 Å². The van der Waals surface area contributed by atoms with E-state index in [0.29, 0.717) is 12.3 Å². The second kappa shape index (κ2) is 9.37. The Bertz CT molecular complexity index is 1530. The molecule has 2 aliphatic rings. The number of aromatic nitrogens is 1. The molecule has 0 atom stereocenters. The first-order chi connectivity index (χ1) is 16.8. The lowest BCUT2D eigenvalue weighted by Gasteiger charge is -2.26. The van der Waals surface area contributed by atoms with E-state index in [0.717, 1.165) is 57.0 Å². The molecule has 1 aromatic heterocycles. The van der Waals surface area contributed by atoms with Gasteiger partial charge in [0.25, 0.3) is 10.7 Å². The van der Waals surface area contributed by atoms with Crippen molar-refractivity contribution in [2.45, 2.75) is 32.2 Å². The van der Waals surface area contributed by atoms with Crippen LogP contribution in [0.15, 0.2) is 65.4 Å². The molecule has 0 saturated heterocycles. The van der Waals surface area contributed by atoms with Gasteiger partial charge in [-0.15, -0.1) is 0 Å². The first kappa shape index (κ1) is 23.4. The van der Waals surface area contributed by atoms with Gasteiger partial charge in [-0.2, -0.15) is 4.57 Å². The van der Waals surface area contributed by atoms with Gasteiger partial charge >= 0.3 is 0 Å². The first-order valence-corrected chi connectivity index (χ1v) is 13.6. The molecule has 0 N–H and O–H groups in total. The van der Waals surface area contributed by atoms with Gasteiger partial charge in [0.1, 0.15) is 16.2 Å². The van der Waals surface area contributed by atoms with Gasteiger partial charge in [-0.05, 0) is 54.7 Å². The van der Waals surface area contributed by atoms with E-state index in [-0.39, 0.29) is 12.1 Å². The molecule has 1 aliphatic carbocycles. The van der Waals surface area contributed by atoms with Crippen molar-refractivity contribution in [3.8, 4) is 5.75 Å². The average Bonchev–Trinajstić information content (AvgIpc) is 3.17. The second-order valence-electron chi connectivity index (χ2n) is 8.47. The van der Waals surface area contributed by atoms with E-state index in [2.05, 4.69) is 0 Å². The average molecular weight is 511 g/mol. The van der Waals surface area contributed by atoms with Crippen LogP contribution in [0, 0.1) is 10.1 Å². The molecule has 10 heteroatoms. The number of hydrogen-bond acceptors (Lipinski definition) is 7. The second-order valence-corrected chi connectivity index (χ2v) is 11.1. The van der Waals surface area contributed by atoms with Gasteiger partial charge < -0.3 is 9.29 Å². The molecular formula is C25H22N2O6S2. The predicted octanol–water partition coefficient (Wildman–Crippen LogP) is 4.96. The number of aryl methyl sites for hydroxylation is 1. The molecule has 3 aromatic rings. The van der Waals surface area contributed by atoms with Gasteiger partial charge in [0, 0.05) is 35.9 Å². The Hall–Kier alpha value is -3.34.